The van der Waals surface area contributed by atoms with E-state index in [0.717, 1.165) is 30.9 Å². The average molecular weight is 416 g/mol. The highest BCUT2D eigenvalue weighted by Crippen LogP contribution is 2.26. The number of fused-ring (bicyclic) bond motifs is 1. The van der Waals surface area contributed by atoms with Crippen molar-refractivity contribution in [2.45, 2.75) is 45.4 Å². The maximum atomic E-state index is 14.3. The summed E-state index contributed by atoms with van der Waals surface area (Å²) in [6.45, 7) is 2.15. The van der Waals surface area contributed by atoms with Crippen LogP contribution in [0.4, 0.5) is 22.0 Å². The van der Waals surface area contributed by atoms with Crippen molar-refractivity contribution >= 4 is 10.8 Å². The zero-order valence-electron chi connectivity index (χ0n) is 16.6. The molecule has 0 nitrogen and oxygen atoms in total. The largest absolute Gasteiger partial charge is 0.206 e. The van der Waals surface area contributed by atoms with Crippen LogP contribution < -0.4 is 0 Å². The van der Waals surface area contributed by atoms with Gasteiger partial charge in [0.1, 0.15) is 11.6 Å². The molecule has 0 atom stereocenters. The minimum Gasteiger partial charge on any atom is -0.206 e. The molecule has 0 amide bonds. The molecule has 30 heavy (non-hydrogen) atoms. The van der Waals surface area contributed by atoms with Crippen LogP contribution in [-0.2, 0) is 6.42 Å². The summed E-state index contributed by atoms with van der Waals surface area (Å²) in [4.78, 5) is 0. The fourth-order valence-electron chi connectivity index (χ4n) is 3.35. The highest BCUT2D eigenvalue weighted by Gasteiger charge is 2.17. The Hall–Kier alpha value is -2.87. The first kappa shape index (κ1) is 21.8. The lowest BCUT2D eigenvalue weighted by molar-refractivity contribution is 0.451. The van der Waals surface area contributed by atoms with Crippen molar-refractivity contribution in [2.24, 2.45) is 0 Å². The molecule has 5 heteroatoms. The molecule has 0 aliphatic carbocycles. The van der Waals surface area contributed by atoms with E-state index in [2.05, 4.69) is 18.8 Å². The van der Waals surface area contributed by atoms with Gasteiger partial charge in [-0.05, 0) is 54.1 Å². The van der Waals surface area contributed by atoms with Gasteiger partial charge in [-0.1, -0.05) is 50.5 Å². The Morgan fingerprint density at radius 2 is 1.47 bits per heavy atom. The van der Waals surface area contributed by atoms with E-state index < -0.39 is 34.5 Å². The van der Waals surface area contributed by atoms with Crippen LogP contribution in [0.5, 0.6) is 0 Å². The molecule has 3 aromatic rings. The van der Waals surface area contributed by atoms with E-state index in [1.807, 2.05) is 0 Å². The summed E-state index contributed by atoms with van der Waals surface area (Å²) in [5.41, 5.74) is 1.13. The van der Waals surface area contributed by atoms with Gasteiger partial charge in [0.05, 0.1) is 10.9 Å². The van der Waals surface area contributed by atoms with Crippen LogP contribution in [0.2, 0.25) is 0 Å². The Morgan fingerprint density at radius 3 is 2.20 bits per heavy atom. The third-order valence-electron chi connectivity index (χ3n) is 4.97. The molecular formula is C25H21F5. The van der Waals surface area contributed by atoms with E-state index in [0.29, 0.717) is 6.07 Å². The highest BCUT2D eigenvalue weighted by molar-refractivity contribution is 5.85. The van der Waals surface area contributed by atoms with Gasteiger partial charge in [0.2, 0.25) is 0 Å². The van der Waals surface area contributed by atoms with E-state index in [4.69, 9.17) is 0 Å². The van der Waals surface area contributed by atoms with Gasteiger partial charge in [-0.15, -0.1) is 0 Å². The number of hydrogen-bond acceptors (Lipinski definition) is 0. The van der Waals surface area contributed by atoms with Crippen LogP contribution in [0.1, 0.15) is 55.7 Å². The van der Waals surface area contributed by atoms with E-state index >= 15 is 0 Å². The summed E-state index contributed by atoms with van der Waals surface area (Å²) >= 11 is 0. The number of halogens is 5. The molecule has 0 aromatic heterocycles. The molecule has 0 saturated carbocycles. The molecule has 0 saturated heterocycles. The Balaban J connectivity index is 1.80. The van der Waals surface area contributed by atoms with Crippen molar-refractivity contribution in [3.05, 3.63) is 82.2 Å². The number of rotatable bonds is 6. The minimum atomic E-state index is -1.73. The quantitative estimate of drug-likeness (QED) is 0.169. The normalized spacial score (nSPS) is 10.9. The first-order valence-corrected chi connectivity index (χ1v) is 9.98. The maximum absolute atomic E-state index is 14.3. The minimum absolute atomic E-state index is 0.102. The predicted molar refractivity (Wildman–Crippen MR) is 109 cm³/mol. The monoisotopic (exact) mass is 416 g/mol. The van der Waals surface area contributed by atoms with Gasteiger partial charge in [0.25, 0.3) is 0 Å². The number of benzene rings is 3. The summed E-state index contributed by atoms with van der Waals surface area (Å²) in [6.07, 6.45) is 6.43. The number of unbranched alkanes of at least 4 members (excludes halogenated alkanes) is 4. The maximum Gasteiger partial charge on any atom is 0.195 e. The first-order valence-electron chi connectivity index (χ1n) is 9.98. The molecule has 0 spiro atoms. The molecule has 0 N–H and O–H groups in total. The summed E-state index contributed by atoms with van der Waals surface area (Å²) < 4.78 is 69.1. The lowest BCUT2D eigenvalue weighted by atomic mass is 10.0. The van der Waals surface area contributed by atoms with Crippen molar-refractivity contribution in [3.8, 4) is 11.8 Å². The van der Waals surface area contributed by atoms with Gasteiger partial charge in [-0.3, -0.25) is 0 Å². The molecule has 0 aliphatic heterocycles. The topological polar surface area (TPSA) is 0 Å². The van der Waals surface area contributed by atoms with Crippen molar-refractivity contribution < 1.29 is 22.0 Å². The Labute approximate surface area is 172 Å². The molecule has 0 heterocycles. The van der Waals surface area contributed by atoms with E-state index in [1.54, 1.807) is 12.1 Å². The fraction of sp³-hybridized carbons (Fsp3) is 0.280. The summed E-state index contributed by atoms with van der Waals surface area (Å²) in [7, 11) is 0. The van der Waals surface area contributed by atoms with Crippen LogP contribution >= 0.6 is 0 Å². The highest BCUT2D eigenvalue weighted by atomic mass is 19.2. The molecule has 0 aliphatic rings. The average Bonchev–Trinajstić information content (AvgIpc) is 2.71. The van der Waals surface area contributed by atoms with Gasteiger partial charge in [0, 0.05) is 5.56 Å². The number of hydrogen-bond donors (Lipinski definition) is 0. The van der Waals surface area contributed by atoms with E-state index in [-0.39, 0.29) is 16.5 Å². The lowest BCUT2D eigenvalue weighted by Gasteiger charge is -2.05. The third kappa shape index (κ3) is 4.99. The zero-order chi connectivity index (χ0) is 21.7. The van der Waals surface area contributed by atoms with Crippen LogP contribution in [-0.4, -0.2) is 0 Å². The van der Waals surface area contributed by atoms with Gasteiger partial charge >= 0.3 is 0 Å². The molecular weight excluding hydrogens is 395 g/mol. The zero-order valence-corrected chi connectivity index (χ0v) is 16.6. The van der Waals surface area contributed by atoms with Crippen LogP contribution in [0.3, 0.4) is 0 Å². The van der Waals surface area contributed by atoms with Gasteiger partial charge < -0.3 is 0 Å². The van der Waals surface area contributed by atoms with E-state index in [9.17, 15) is 22.0 Å². The Morgan fingerprint density at radius 1 is 0.700 bits per heavy atom. The second-order valence-electron chi connectivity index (χ2n) is 7.27. The second-order valence-corrected chi connectivity index (χ2v) is 7.27. The Bertz CT molecular complexity index is 1120. The lowest BCUT2D eigenvalue weighted by Crippen LogP contribution is -1.95. The van der Waals surface area contributed by atoms with Gasteiger partial charge in [-0.25, -0.2) is 22.0 Å². The van der Waals surface area contributed by atoms with E-state index in [1.165, 1.54) is 31.4 Å². The first-order chi connectivity index (χ1) is 14.4. The second kappa shape index (κ2) is 9.75. The molecule has 0 bridgehead atoms. The SMILES string of the molecule is CCCCCCCc1ccc(C#Cc2cc(F)c3c(F)c(F)c(F)cc3c2)c(F)c1. The molecule has 156 valence electrons. The van der Waals surface area contributed by atoms with Gasteiger partial charge in [0.15, 0.2) is 17.5 Å². The van der Waals surface area contributed by atoms with Crippen molar-refractivity contribution in [2.75, 3.05) is 0 Å². The fourth-order valence-corrected chi connectivity index (χ4v) is 3.35. The standard InChI is InChI=1S/C25H21F5/c1-2-3-4-5-6-7-16-8-10-18(20(26)13-16)11-9-17-12-19-15-22(28)24(29)25(30)23(19)21(27)14-17/h8,10,12-15H,2-7H2,1H3. The predicted octanol–water partition coefficient (Wildman–Crippen LogP) is 7.45. The molecule has 0 unspecified atom stereocenters. The van der Waals surface area contributed by atoms with Gasteiger partial charge in [-0.2, -0.15) is 0 Å². The van der Waals surface area contributed by atoms with Crippen molar-refractivity contribution in [1.82, 2.24) is 0 Å². The summed E-state index contributed by atoms with van der Waals surface area (Å²) in [5, 5.41) is -0.802. The molecule has 3 aromatic carbocycles. The van der Waals surface area contributed by atoms with Crippen LogP contribution in [0.25, 0.3) is 10.8 Å². The third-order valence-corrected chi connectivity index (χ3v) is 4.97. The van der Waals surface area contributed by atoms with Crippen molar-refractivity contribution in [1.29, 1.82) is 0 Å². The summed E-state index contributed by atoms with van der Waals surface area (Å²) in [5.74, 6) is -1.05. The molecule has 0 fully saturated rings. The Kier molecular flexibility index (Phi) is 7.10. The number of aryl methyl sites for hydroxylation is 1. The molecule has 0 radical (unpaired) electrons. The van der Waals surface area contributed by atoms with Crippen molar-refractivity contribution in [3.63, 3.8) is 0 Å². The smallest absolute Gasteiger partial charge is 0.195 e. The molecule has 3 rings (SSSR count). The summed E-state index contributed by atoms with van der Waals surface area (Å²) in [6, 6.07) is 7.67. The van der Waals surface area contributed by atoms with Crippen LogP contribution in [0, 0.1) is 40.9 Å². The van der Waals surface area contributed by atoms with Crippen LogP contribution in [0.15, 0.2) is 36.4 Å².